The molecule has 0 aliphatic rings. The van der Waals surface area contributed by atoms with Crippen LogP contribution < -0.4 is 10.1 Å². The smallest absolute Gasteiger partial charge is 0.157 e. The van der Waals surface area contributed by atoms with Gasteiger partial charge in [0.25, 0.3) is 0 Å². The fourth-order valence-electron chi connectivity index (χ4n) is 2.59. The SMILES string of the molecule is COc1ccc(CNc2c(-c3ccco3)nc3cnccn23)cc1. The molecule has 24 heavy (non-hydrogen) atoms. The predicted octanol–water partition coefficient (Wildman–Crippen LogP) is 3.61. The summed E-state index contributed by atoms with van der Waals surface area (Å²) in [6, 6.07) is 11.7. The molecule has 120 valence electrons. The van der Waals surface area contributed by atoms with Crippen molar-refractivity contribution >= 4 is 11.5 Å². The van der Waals surface area contributed by atoms with Crippen LogP contribution >= 0.6 is 0 Å². The standard InChI is InChI=1S/C18H16N4O2/c1-23-14-6-4-13(5-7-14)11-20-18-17(15-3-2-10-24-15)21-16-12-19-8-9-22(16)18/h2-10,12,20H,11H2,1H3. The first-order valence-electron chi connectivity index (χ1n) is 7.58. The third-order valence-electron chi connectivity index (χ3n) is 3.80. The van der Waals surface area contributed by atoms with Gasteiger partial charge in [0.15, 0.2) is 11.4 Å². The van der Waals surface area contributed by atoms with E-state index in [-0.39, 0.29) is 0 Å². The molecule has 0 radical (unpaired) electrons. The molecule has 3 heterocycles. The largest absolute Gasteiger partial charge is 0.497 e. The maximum absolute atomic E-state index is 5.52. The number of furan rings is 1. The molecule has 6 heteroatoms. The predicted molar refractivity (Wildman–Crippen MR) is 91.0 cm³/mol. The number of rotatable bonds is 5. The van der Waals surface area contributed by atoms with Gasteiger partial charge in [0.05, 0.1) is 19.6 Å². The Labute approximate surface area is 138 Å². The van der Waals surface area contributed by atoms with E-state index in [1.54, 1.807) is 25.8 Å². The molecule has 0 aliphatic carbocycles. The molecule has 0 bridgehead atoms. The van der Waals surface area contributed by atoms with Crippen LogP contribution in [0.3, 0.4) is 0 Å². The highest BCUT2D eigenvalue weighted by Crippen LogP contribution is 2.29. The van der Waals surface area contributed by atoms with Crippen molar-refractivity contribution in [2.24, 2.45) is 0 Å². The number of anilines is 1. The number of nitrogens with zero attached hydrogens (tertiary/aromatic N) is 3. The van der Waals surface area contributed by atoms with Crippen LogP contribution in [0.1, 0.15) is 5.56 Å². The number of benzene rings is 1. The van der Waals surface area contributed by atoms with Crippen molar-refractivity contribution < 1.29 is 9.15 Å². The summed E-state index contributed by atoms with van der Waals surface area (Å²) in [5.74, 6) is 2.44. The lowest BCUT2D eigenvalue weighted by atomic mass is 10.2. The first-order chi connectivity index (χ1) is 11.8. The topological polar surface area (TPSA) is 64.6 Å². The van der Waals surface area contributed by atoms with Crippen LogP contribution in [0, 0.1) is 0 Å². The molecule has 1 N–H and O–H groups in total. The molecule has 0 aliphatic heterocycles. The lowest BCUT2D eigenvalue weighted by Crippen LogP contribution is -2.03. The molecule has 0 saturated heterocycles. The van der Waals surface area contributed by atoms with E-state index < -0.39 is 0 Å². The van der Waals surface area contributed by atoms with Crippen molar-refractivity contribution in [1.29, 1.82) is 0 Å². The van der Waals surface area contributed by atoms with Crippen LogP contribution in [0.25, 0.3) is 17.1 Å². The highest BCUT2D eigenvalue weighted by molar-refractivity contribution is 5.73. The lowest BCUT2D eigenvalue weighted by Gasteiger charge is -2.08. The third kappa shape index (κ3) is 2.58. The average Bonchev–Trinajstić information content (AvgIpc) is 3.28. The molecule has 0 spiro atoms. The minimum atomic E-state index is 0.661. The number of methoxy groups -OCH3 is 1. The van der Waals surface area contributed by atoms with Gasteiger partial charge in [-0.05, 0) is 29.8 Å². The van der Waals surface area contributed by atoms with Gasteiger partial charge in [-0.15, -0.1) is 0 Å². The Balaban J connectivity index is 1.68. The van der Waals surface area contributed by atoms with E-state index >= 15 is 0 Å². The van der Waals surface area contributed by atoms with Gasteiger partial charge in [0.1, 0.15) is 17.3 Å². The number of nitrogens with one attached hydrogen (secondary N) is 1. The normalized spacial score (nSPS) is 10.9. The highest BCUT2D eigenvalue weighted by atomic mass is 16.5. The highest BCUT2D eigenvalue weighted by Gasteiger charge is 2.15. The number of aromatic nitrogens is 3. The van der Waals surface area contributed by atoms with Gasteiger partial charge in [0.2, 0.25) is 0 Å². The third-order valence-corrected chi connectivity index (χ3v) is 3.80. The van der Waals surface area contributed by atoms with Crippen molar-refractivity contribution in [3.05, 3.63) is 66.8 Å². The monoisotopic (exact) mass is 320 g/mol. The van der Waals surface area contributed by atoms with E-state index in [0.717, 1.165) is 34.2 Å². The fraction of sp³-hybridized carbons (Fsp3) is 0.111. The summed E-state index contributed by atoms with van der Waals surface area (Å²) < 4.78 is 12.7. The summed E-state index contributed by atoms with van der Waals surface area (Å²) in [6.07, 6.45) is 6.99. The molecule has 4 aromatic rings. The first-order valence-corrected chi connectivity index (χ1v) is 7.58. The van der Waals surface area contributed by atoms with E-state index in [1.807, 2.05) is 47.0 Å². The molecule has 0 saturated carbocycles. The van der Waals surface area contributed by atoms with Crippen LogP contribution in [0.15, 0.2) is 65.7 Å². The maximum atomic E-state index is 5.52. The zero-order chi connectivity index (χ0) is 16.4. The Morgan fingerprint density at radius 2 is 2.08 bits per heavy atom. The molecular formula is C18H16N4O2. The molecule has 0 atom stereocenters. The van der Waals surface area contributed by atoms with Gasteiger partial charge in [-0.3, -0.25) is 9.38 Å². The van der Waals surface area contributed by atoms with E-state index in [9.17, 15) is 0 Å². The van der Waals surface area contributed by atoms with Gasteiger partial charge in [0, 0.05) is 18.9 Å². The molecule has 3 aromatic heterocycles. The molecule has 4 rings (SSSR count). The van der Waals surface area contributed by atoms with Gasteiger partial charge < -0.3 is 14.5 Å². The molecule has 0 fully saturated rings. The average molecular weight is 320 g/mol. The maximum Gasteiger partial charge on any atom is 0.157 e. The summed E-state index contributed by atoms with van der Waals surface area (Å²) in [6.45, 7) is 0.661. The number of fused-ring (bicyclic) bond motifs is 1. The number of hydrogen-bond acceptors (Lipinski definition) is 5. The van der Waals surface area contributed by atoms with Crippen LogP contribution in [0.4, 0.5) is 5.82 Å². The van der Waals surface area contributed by atoms with Gasteiger partial charge in [-0.1, -0.05) is 12.1 Å². The quantitative estimate of drug-likeness (QED) is 0.608. The van der Waals surface area contributed by atoms with Crippen molar-refractivity contribution in [1.82, 2.24) is 14.4 Å². The fourth-order valence-corrected chi connectivity index (χ4v) is 2.59. The van der Waals surface area contributed by atoms with Crippen LogP contribution in [0.5, 0.6) is 5.75 Å². The van der Waals surface area contributed by atoms with Crippen molar-refractivity contribution in [3.63, 3.8) is 0 Å². The van der Waals surface area contributed by atoms with Crippen molar-refractivity contribution in [2.75, 3.05) is 12.4 Å². The summed E-state index contributed by atoms with van der Waals surface area (Å²) in [7, 11) is 1.66. The molecular weight excluding hydrogens is 304 g/mol. The minimum absolute atomic E-state index is 0.661. The number of ether oxygens (including phenoxy) is 1. The second kappa shape index (κ2) is 6.08. The molecule has 0 unspecified atom stereocenters. The zero-order valence-corrected chi connectivity index (χ0v) is 13.1. The Hall–Kier alpha value is -3.28. The van der Waals surface area contributed by atoms with E-state index in [4.69, 9.17) is 9.15 Å². The van der Waals surface area contributed by atoms with Gasteiger partial charge in [-0.25, -0.2) is 4.98 Å². The summed E-state index contributed by atoms with van der Waals surface area (Å²) in [5.41, 5.74) is 2.67. The first kappa shape index (κ1) is 14.3. The van der Waals surface area contributed by atoms with Gasteiger partial charge in [-0.2, -0.15) is 0 Å². The van der Waals surface area contributed by atoms with Gasteiger partial charge >= 0.3 is 0 Å². The van der Waals surface area contributed by atoms with Crippen LogP contribution in [-0.4, -0.2) is 21.5 Å². The molecule has 0 amide bonds. The Morgan fingerprint density at radius 1 is 1.21 bits per heavy atom. The zero-order valence-electron chi connectivity index (χ0n) is 13.1. The Bertz CT molecular complexity index is 943. The van der Waals surface area contributed by atoms with Crippen LogP contribution in [-0.2, 0) is 6.54 Å². The number of imidazole rings is 1. The second-order valence-corrected chi connectivity index (χ2v) is 5.29. The van der Waals surface area contributed by atoms with Crippen molar-refractivity contribution in [3.8, 4) is 17.2 Å². The van der Waals surface area contributed by atoms with Crippen LogP contribution in [0.2, 0.25) is 0 Å². The van der Waals surface area contributed by atoms with E-state index in [2.05, 4.69) is 15.3 Å². The summed E-state index contributed by atoms with van der Waals surface area (Å²) in [5, 5.41) is 3.45. The van der Waals surface area contributed by atoms with Crippen molar-refractivity contribution in [2.45, 2.75) is 6.54 Å². The Kier molecular flexibility index (Phi) is 3.63. The number of hydrogen-bond donors (Lipinski definition) is 1. The lowest BCUT2D eigenvalue weighted by molar-refractivity contribution is 0.414. The van der Waals surface area contributed by atoms with E-state index in [1.165, 1.54) is 0 Å². The molecule has 1 aromatic carbocycles. The Morgan fingerprint density at radius 3 is 2.83 bits per heavy atom. The second-order valence-electron chi connectivity index (χ2n) is 5.29. The van der Waals surface area contributed by atoms with E-state index in [0.29, 0.717) is 6.54 Å². The summed E-state index contributed by atoms with van der Waals surface area (Å²) in [4.78, 5) is 8.75. The molecule has 6 nitrogen and oxygen atoms in total. The minimum Gasteiger partial charge on any atom is -0.497 e. The summed E-state index contributed by atoms with van der Waals surface area (Å²) >= 11 is 0.